The standard InChI is InChI=1S/C30H33F3N4O4.C2H6/c1-19-15-37(20(2)18-38)29(40)24-5-4-6-25(35-28(39)22-11-13-34-14-12-22)27(24)41-26(19)17-36(3)16-21-7-9-23(10-8-21)30(31,32)33;1-2/h4-14,19-20,26,38H,15-18H2,1-3H3,(H,35,39);1-2H3/t19-,20+,26?;/m0./s1. The van der Waals surface area contributed by atoms with Gasteiger partial charge in [-0.3, -0.25) is 19.5 Å². The maximum Gasteiger partial charge on any atom is 0.416 e. The number of halogens is 3. The summed E-state index contributed by atoms with van der Waals surface area (Å²) in [6.45, 7) is 8.52. The highest BCUT2D eigenvalue weighted by molar-refractivity contribution is 6.07. The smallest absolute Gasteiger partial charge is 0.416 e. The van der Waals surface area contributed by atoms with Crippen LogP contribution in [0.15, 0.2) is 67.0 Å². The zero-order valence-corrected chi connectivity index (χ0v) is 25.1. The van der Waals surface area contributed by atoms with E-state index in [9.17, 15) is 27.9 Å². The van der Waals surface area contributed by atoms with Gasteiger partial charge in [-0.2, -0.15) is 13.2 Å². The van der Waals surface area contributed by atoms with E-state index in [-0.39, 0.29) is 29.7 Å². The minimum atomic E-state index is -4.40. The average Bonchev–Trinajstić information content (AvgIpc) is 3.00. The number of amides is 2. The first-order valence-corrected chi connectivity index (χ1v) is 14.3. The van der Waals surface area contributed by atoms with Crippen molar-refractivity contribution in [2.45, 2.75) is 52.6 Å². The summed E-state index contributed by atoms with van der Waals surface area (Å²) in [5.74, 6) is -0.705. The van der Waals surface area contributed by atoms with E-state index in [4.69, 9.17) is 4.74 Å². The molecule has 0 radical (unpaired) electrons. The van der Waals surface area contributed by atoms with Gasteiger partial charge in [0.25, 0.3) is 11.8 Å². The normalized spacial score (nSPS) is 17.5. The van der Waals surface area contributed by atoms with Gasteiger partial charge in [0.2, 0.25) is 0 Å². The molecule has 1 aliphatic rings. The van der Waals surface area contributed by atoms with Gasteiger partial charge in [0, 0.05) is 43.5 Å². The molecule has 2 N–H and O–H groups in total. The number of para-hydroxylation sites is 1. The van der Waals surface area contributed by atoms with Gasteiger partial charge in [-0.05, 0) is 55.9 Å². The molecule has 232 valence electrons. The highest BCUT2D eigenvalue weighted by Gasteiger charge is 2.35. The summed E-state index contributed by atoms with van der Waals surface area (Å²) in [5, 5.41) is 12.7. The summed E-state index contributed by atoms with van der Waals surface area (Å²) in [6, 6.07) is 12.6. The lowest BCUT2D eigenvalue weighted by atomic mass is 9.98. The third-order valence-corrected chi connectivity index (χ3v) is 7.11. The van der Waals surface area contributed by atoms with E-state index in [0.717, 1.165) is 12.1 Å². The van der Waals surface area contributed by atoms with E-state index in [2.05, 4.69) is 10.3 Å². The number of anilines is 1. The van der Waals surface area contributed by atoms with Crippen LogP contribution in [-0.2, 0) is 12.7 Å². The Hall–Kier alpha value is -3.96. The average molecular weight is 601 g/mol. The Kier molecular flexibility index (Phi) is 11.7. The van der Waals surface area contributed by atoms with Crippen LogP contribution in [0.5, 0.6) is 5.75 Å². The number of aliphatic hydroxyl groups is 1. The highest BCUT2D eigenvalue weighted by atomic mass is 19.4. The number of ether oxygens (including phenoxy) is 1. The molecule has 2 aromatic carbocycles. The predicted octanol–water partition coefficient (Wildman–Crippen LogP) is 5.73. The number of hydrogen-bond acceptors (Lipinski definition) is 6. The van der Waals surface area contributed by atoms with Crippen molar-refractivity contribution in [3.05, 3.63) is 89.2 Å². The first kappa shape index (κ1) is 33.5. The number of pyridine rings is 1. The fourth-order valence-corrected chi connectivity index (χ4v) is 4.74. The van der Waals surface area contributed by atoms with Crippen molar-refractivity contribution < 1.29 is 32.6 Å². The molecular formula is C32H39F3N4O4. The molecule has 0 spiro atoms. The summed E-state index contributed by atoms with van der Waals surface area (Å²) in [4.78, 5) is 34.1. The van der Waals surface area contributed by atoms with Crippen molar-refractivity contribution in [1.82, 2.24) is 14.8 Å². The molecule has 1 aliphatic heterocycles. The second kappa shape index (κ2) is 15.0. The molecule has 8 nitrogen and oxygen atoms in total. The van der Waals surface area contributed by atoms with Crippen LogP contribution >= 0.6 is 0 Å². The summed E-state index contributed by atoms with van der Waals surface area (Å²) in [7, 11) is 1.84. The number of fused-ring (bicyclic) bond motifs is 1. The topological polar surface area (TPSA) is 95.0 Å². The highest BCUT2D eigenvalue weighted by Crippen LogP contribution is 2.35. The number of alkyl halides is 3. The number of nitrogens with one attached hydrogen (secondary N) is 1. The monoisotopic (exact) mass is 600 g/mol. The second-order valence-corrected chi connectivity index (χ2v) is 10.4. The zero-order chi connectivity index (χ0) is 31.7. The van der Waals surface area contributed by atoms with E-state index < -0.39 is 29.8 Å². The predicted molar refractivity (Wildman–Crippen MR) is 159 cm³/mol. The van der Waals surface area contributed by atoms with Crippen molar-refractivity contribution in [3.8, 4) is 5.75 Å². The van der Waals surface area contributed by atoms with Crippen LogP contribution in [0.3, 0.4) is 0 Å². The molecule has 4 rings (SSSR count). The molecule has 0 fully saturated rings. The van der Waals surface area contributed by atoms with Crippen molar-refractivity contribution in [2.24, 2.45) is 5.92 Å². The van der Waals surface area contributed by atoms with Crippen LogP contribution in [0.2, 0.25) is 0 Å². The molecule has 11 heteroatoms. The molecular weight excluding hydrogens is 561 g/mol. The van der Waals surface area contributed by atoms with Crippen LogP contribution in [-0.4, -0.2) is 70.6 Å². The minimum absolute atomic E-state index is 0.194. The largest absolute Gasteiger partial charge is 0.486 e. The Morgan fingerprint density at radius 2 is 1.79 bits per heavy atom. The number of hydrogen-bond donors (Lipinski definition) is 2. The zero-order valence-electron chi connectivity index (χ0n) is 25.1. The third-order valence-electron chi connectivity index (χ3n) is 7.11. The molecule has 0 saturated carbocycles. The molecule has 0 saturated heterocycles. The van der Waals surface area contributed by atoms with Crippen molar-refractivity contribution in [1.29, 1.82) is 0 Å². The van der Waals surface area contributed by atoms with Crippen LogP contribution < -0.4 is 10.1 Å². The Labute approximate surface area is 250 Å². The van der Waals surface area contributed by atoms with Crippen LogP contribution in [0.25, 0.3) is 0 Å². The molecule has 2 amide bonds. The lowest BCUT2D eigenvalue weighted by Gasteiger charge is -2.38. The summed E-state index contributed by atoms with van der Waals surface area (Å²) in [6.07, 6.45) is -1.86. The van der Waals surface area contributed by atoms with E-state index in [0.29, 0.717) is 36.4 Å². The van der Waals surface area contributed by atoms with E-state index in [1.807, 2.05) is 32.7 Å². The van der Waals surface area contributed by atoms with E-state index >= 15 is 0 Å². The summed E-state index contributed by atoms with van der Waals surface area (Å²) in [5.41, 5.74) is 0.947. The maximum atomic E-state index is 13.6. The Bertz CT molecular complexity index is 1350. The van der Waals surface area contributed by atoms with Crippen molar-refractivity contribution >= 4 is 17.5 Å². The number of nitrogens with zero attached hydrogens (tertiary/aromatic N) is 3. The molecule has 1 unspecified atom stereocenters. The van der Waals surface area contributed by atoms with Gasteiger partial charge >= 0.3 is 6.18 Å². The first-order valence-electron chi connectivity index (χ1n) is 14.3. The molecule has 2 heterocycles. The molecule has 43 heavy (non-hydrogen) atoms. The first-order chi connectivity index (χ1) is 20.5. The van der Waals surface area contributed by atoms with E-state index in [1.54, 1.807) is 42.2 Å². The molecule has 0 aliphatic carbocycles. The van der Waals surface area contributed by atoms with Crippen molar-refractivity contribution in [3.63, 3.8) is 0 Å². The Morgan fingerprint density at radius 1 is 1.14 bits per heavy atom. The summed E-state index contributed by atoms with van der Waals surface area (Å²) < 4.78 is 45.4. The lowest BCUT2D eigenvalue weighted by molar-refractivity contribution is -0.137. The van der Waals surface area contributed by atoms with Gasteiger partial charge < -0.3 is 20.1 Å². The molecule has 0 bridgehead atoms. The Morgan fingerprint density at radius 3 is 2.40 bits per heavy atom. The van der Waals surface area contributed by atoms with Crippen LogP contribution in [0, 0.1) is 5.92 Å². The molecule has 1 aromatic heterocycles. The molecule has 3 aromatic rings. The maximum absolute atomic E-state index is 13.6. The number of rotatable bonds is 8. The number of benzene rings is 2. The quantitative estimate of drug-likeness (QED) is 0.343. The van der Waals surface area contributed by atoms with Crippen molar-refractivity contribution in [2.75, 3.05) is 32.1 Å². The van der Waals surface area contributed by atoms with Crippen LogP contribution in [0.1, 0.15) is 59.5 Å². The number of carbonyl (C=O) groups is 2. The third kappa shape index (κ3) is 8.55. The second-order valence-electron chi connectivity index (χ2n) is 10.4. The SMILES string of the molecule is CC.C[C@H](CO)N1C[C@H](C)C(CN(C)Cc2ccc(C(F)(F)F)cc2)Oc2c(NC(=O)c3ccncc3)cccc2C1=O. The van der Waals surface area contributed by atoms with Gasteiger partial charge in [-0.1, -0.05) is 39.0 Å². The number of likely N-dealkylation sites (N-methyl/N-ethyl adjacent to an activating group) is 1. The summed E-state index contributed by atoms with van der Waals surface area (Å²) >= 11 is 0. The fraction of sp³-hybridized carbons (Fsp3) is 0.406. The molecule has 3 atom stereocenters. The lowest BCUT2D eigenvalue weighted by Crippen LogP contribution is -2.49. The van der Waals surface area contributed by atoms with E-state index in [1.165, 1.54) is 24.5 Å². The van der Waals surface area contributed by atoms with Gasteiger partial charge in [0.15, 0.2) is 5.75 Å². The van der Waals surface area contributed by atoms with Gasteiger partial charge in [-0.25, -0.2) is 0 Å². The van der Waals surface area contributed by atoms with Gasteiger partial charge in [0.05, 0.1) is 29.5 Å². The Balaban J connectivity index is 0.00000248. The fourth-order valence-electron chi connectivity index (χ4n) is 4.74. The minimum Gasteiger partial charge on any atom is -0.486 e. The van der Waals surface area contributed by atoms with Gasteiger partial charge in [-0.15, -0.1) is 0 Å². The van der Waals surface area contributed by atoms with Gasteiger partial charge in [0.1, 0.15) is 6.10 Å². The van der Waals surface area contributed by atoms with Crippen LogP contribution in [0.4, 0.5) is 18.9 Å². The number of aliphatic hydroxyl groups excluding tert-OH is 1. The number of aromatic nitrogens is 1. The number of carbonyl (C=O) groups excluding carboxylic acids is 2.